The van der Waals surface area contributed by atoms with Crippen molar-refractivity contribution in [3.63, 3.8) is 0 Å². The van der Waals surface area contributed by atoms with Gasteiger partial charge in [-0.1, -0.05) is 44.5 Å². The van der Waals surface area contributed by atoms with E-state index < -0.39 is 0 Å². The Bertz CT molecular complexity index is 470. The van der Waals surface area contributed by atoms with Gasteiger partial charge in [-0.05, 0) is 49.4 Å². The number of carbonyl (C=O) groups excluding carboxylic acids is 1. The molecule has 0 amide bonds. The molecule has 1 saturated heterocycles. The van der Waals surface area contributed by atoms with Crippen molar-refractivity contribution in [1.82, 2.24) is 4.90 Å². The molecule has 3 heteroatoms. The van der Waals surface area contributed by atoms with Crippen molar-refractivity contribution in [2.75, 3.05) is 19.6 Å². The molecule has 2 nitrogen and oxygen atoms in total. The minimum atomic E-state index is 0.168. The maximum Gasteiger partial charge on any atom is 0.176 e. The van der Waals surface area contributed by atoms with E-state index in [2.05, 4.69) is 25.7 Å². The zero-order valence-electron chi connectivity index (χ0n) is 12.7. The number of carbonyl (C=O) groups is 1. The fourth-order valence-electron chi connectivity index (χ4n) is 2.91. The van der Waals surface area contributed by atoms with Gasteiger partial charge < -0.3 is 0 Å². The molecule has 1 aromatic rings. The predicted octanol–water partition coefficient (Wildman–Crippen LogP) is 4.28. The number of piperidine rings is 1. The molecule has 1 aliphatic heterocycles. The molecular weight excluding hydrogens is 270 g/mol. The van der Waals surface area contributed by atoms with E-state index in [1.165, 1.54) is 12.8 Å². The van der Waals surface area contributed by atoms with Crippen molar-refractivity contribution in [2.45, 2.75) is 33.6 Å². The van der Waals surface area contributed by atoms with Crippen LogP contribution in [0.5, 0.6) is 0 Å². The fourth-order valence-corrected chi connectivity index (χ4v) is 3.10. The van der Waals surface area contributed by atoms with Gasteiger partial charge in [-0.25, -0.2) is 0 Å². The lowest BCUT2D eigenvalue weighted by atomic mass is 9.75. The van der Waals surface area contributed by atoms with Gasteiger partial charge in [0.15, 0.2) is 5.78 Å². The first-order valence-electron chi connectivity index (χ1n) is 7.37. The minimum Gasteiger partial charge on any atom is -0.296 e. The van der Waals surface area contributed by atoms with Crippen LogP contribution >= 0.6 is 11.6 Å². The normalized spacial score (nSPS) is 18.2. The molecule has 1 heterocycles. The van der Waals surface area contributed by atoms with Gasteiger partial charge in [-0.3, -0.25) is 9.69 Å². The van der Waals surface area contributed by atoms with Crippen LogP contribution in [0.2, 0.25) is 5.02 Å². The molecule has 0 radical (unpaired) electrons. The number of hydrogen-bond acceptors (Lipinski definition) is 2. The molecular formula is C17H24ClNO. The quantitative estimate of drug-likeness (QED) is 0.775. The van der Waals surface area contributed by atoms with Crippen molar-refractivity contribution in [1.29, 1.82) is 0 Å². The SMILES string of the molecule is CC(C)(C)C1CCN(CC(=O)c2cccc(Cl)c2)CC1. The fraction of sp³-hybridized carbons (Fsp3) is 0.588. The first-order valence-corrected chi connectivity index (χ1v) is 7.75. The van der Waals surface area contributed by atoms with Gasteiger partial charge in [-0.15, -0.1) is 0 Å². The molecule has 0 bridgehead atoms. The third-order valence-corrected chi connectivity index (χ3v) is 4.56. The second-order valence-electron chi connectivity index (χ2n) is 6.85. The summed E-state index contributed by atoms with van der Waals surface area (Å²) >= 11 is 5.94. The Morgan fingerprint density at radius 2 is 1.95 bits per heavy atom. The first kappa shape index (κ1) is 15.5. The van der Waals surface area contributed by atoms with Gasteiger partial charge in [-0.2, -0.15) is 0 Å². The summed E-state index contributed by atoms with van der Waals surface area (Å²) < 4.78 is 0. The topological polar surface area (TPSA) is 20.3 Å². The second kappa shape index (κ2) is 6.28. The summed E-state index contributed by atoms with van der Waals surface area (Å²) in [4.78, 5) is 14.5. The summed E-state index contributed by atoms with van der Waals surface area (Å²) in [6.45, 7) is 9.49. The lowest BCUT2D eigenvalue weighted by Gasteiger charge is -2.38. The molecule has 0 atom stereocenters. The average Bonchev–Trinajstić information content (AvgIpc) is 2.38. The summed E-state index contributed by atoms with van der Waals surface area (Å²) in [5, 5.41) is 0.627. The van der Waals surface area contributed by atoms with E-state index in [1.807, 2.05) is 12.1 Å². The molecule has 0 spiro atoms. The Balaban J connectivity index is 1.88. The van der Waals surface area contributed by atoms with E-state index in [1.54, 1.807) is 12.1 Å². The number of nitrogens with zero attached hydrogens (tertiary/aromatic N) is 1. The van der Waals surface area contributed by atoms with Crippen LogP contribution < -0.4 is 0 Å². The average molecular weight is 294 g/mol. The van der Waals surface area contributed by atoms with Crippen LogP contribution in [-0.2, 0) is 0 Å². The lowest BCUT2D eigenvalue weighted by molar-refractivity contribution is 0.0822. The number of hydrogen-bond donors (Lipinski definition) is 0. The Morgan fingerprint density at radius 3 is 2.50 bits per heavy atom. The Hall–Kier alpha value is -0.860. The number of ketones is 1. The Labute approximate surface area is 127 Å². The summed E-state index contributed by atoms with van der Waals surface area (Å²) in [7, 11) is 0. The molecule has 1 fully saturated rings. The monoisotopic (exact) mass is 293 g/mol. The third kappa shape index (κ3) is 4.07. The van der Waals surface area contributed by atoms with Crippen molar-refractivity contribution in [3.8, 4) is 0 Å². The van der Waals surface area contributed by atoms with Gasteiger partial charge in [0.25, 0.3) is 0 Å². The lowest BCUT2D eigenvalue weighted by Crippen LogP contribution is -2.40. The van der Waals surface area contributed by atoms with Gasteiger partial charge in [0.2, 0.25) is 0 Å². The zero-order chi connectivity index (χ0) is 14.8. The number of rotatable bonds is 3. The summed E-state index contributed by atoms with van der Waals surface area (Å²) in [5.41, 5.74) is 1.10. The smallest absolute Gasteiger partial charge is 0.176 e. The van der Waals surface area contributed by atoms with E-state index in [-0.39, 0.29) is 5.78 Å². The number of likely N-dealkylation sites (tertiary alicyclic amines) is 1. The predicted molar refractivity (Wildman–Crippen MR) is 84.4 cm³/mol. The Kier molecular flexibility index (Phi) is 4.87. The highest BCUT2D eigenvalue weighted by Gasteiger charge is 2.29. The van der Waals surface area contributed by atoms with Crippen LogP contribution in [0.25, 0.3) is 0 Å². The standard InChI is InChI=1S/C17H24ClNO/c1-17(2,3)14-7-9-19(10-8-14)12-16(20)13-5-4-6-15(18)11-13/h4-6,11,14H,7-10,12H2,1-3H3. The van der Waals surface area contributed by atoms with Crippen LogP contribution in [-0.4, -0.2) is 30.3 Å². The number of Topliss-reactive ketones (excluding diaryl/α,β-unsaturated/α-hetero) is 1. The third-order valence-electron chi connectivity index (χ3n) is 4.33. The first-order chi connectivity index (χ1) is 9.36. The molecule has 0 aliphatic carbocycles. The highest BCUT2D eigenvalue weighted by Crippen LogP contribution is 2.34. The molecule has 0 saturated carbocycles. The van der Waals surface area contributed by atoms with Crippen LogP contribution in [0.15, 0.2) is 24.3 Å². The van der Waals surface area contributed by atoms with Gasteiger partial charge in [0.05, 0.1) is 6.54 Å². The van der Waals surface area contributed by atoms with Gasteiger partial charge in [0, 0.05) is 10.6 Å². The number of halogens is 1. The maximum absolute atomic E-state index is 12.2. The largest absolute Gasteiger partial charge is 0.296 e. The molecule has 0 N–H and O–H groups in total. The number of benzene rings is 1. The summed E-state index contributed by atoms with van der Waals surface area (Å²) in [6.07, 6.45) is 2.37. The van der Waals surface area contributed by atoms with E-state index in [9.17, 15) is 4.79 Å². The van der Waals surface area contributed by atoms with Gasteiger partial charge >= 0.3 is 0 Å². The molecule has 1 aromatic carbocycles. The zero-order valence-corrected chi connectivity index (χ0v) is 13.4. The molecule has 2 rings (SSSR count). The van der Waals surface area contributed by atoms with Crippen molar-refractivity contribution in [3.05, 3.63) is 34.9 Å². The Morgan fingerprint density at radius 1 is 1.30 bits per heavy atom. The van der Waals surface area contributed by atoms with Gasteiger partial charge in [0.1, 0.15) is 0 Å². The van der Waals surface area contributed by atoms with Crippen LogP contribution in [0.4, 0.5) is 0 Å². The van der Waals surface area contributed by atoms with Crippen molar-refractivity contribution >= 4 is 17.4 Å². The molecule has 0 unspecified atom stereocenters. The van der Waals surface area contributed by atoms with E-state index in [4.69, 9.17) is 11.6 Å². The summed E-state index contributed by atoms with van der Waals surface area (Å²) in [5.74, 6) is 0.932. The molecule has 110 valence electrons. The molecule has 20 heavy (non-hydrogen) atoms. The second-order valence-corrected chi connectivity index (χ2v) is 7.29. The van der Waals surface area contributed by atoms with Crippen LogP contribution in [0.1, 0.15) is 44.0 Å². The molecule has 1 aliphatic rings. The van der Waals surface area contributed by atoms with E-state index in [0.29, 0.717) is 17.0 Å². The van der Waals surface area contributed by atoms with Crippen molar-refractivity contribution in [2.24, 2.45) is 11.3 Å². The van der Waals surface area contributed by atoms with E-state index >= 15 is 0 Å². The van der Waals surface area contributed by atoms with Crippen LogP contribution in [0.3, 0.4) is 0 Å². The molecule has 0 aromatic heterocycles. The van der Waals surface area contributed by atoms with E-state index in [0.717, 1.165) is 24.6 Å². The van der Waals surface area contributed by atoms with Crippen LogP contribution in [0, 0.1) is 11.3 Å². The minimum absolute atomic E-state index is 0.168. The highest BCUT2D eigenvalue weighted by atomic mass is 35.5. The highest BCUT2D eigenvalue weighted by molar-refractivity contribution is 6.31. The van der Waals surface area contributed by atoms with Crippen molar-refractivity contribution < 1.29 is 4.79 Å². The summed E-state index contributed by atoms with van der Waals surface area (Å²) in [6, 6.07) is 7.23. The maximum atomic E-state index is 12.2.